The van der Waals surface area contributed by atoms with Crippen LogP contribution in [-0.4, -0.2) is 39.9 Å². The maximum absolute atomic E-state index is 13.1. The summed E-state index contributed by atoms with van der Waals surface area (Å²) in [5.41, 5.74) is 2.47. The van der Waals surface area contributed by atoms with E-state index in [4.69, 9.17) is 4.74 Å². The molecule has 7 heteroatoms. The van der Waals surface area contributed by atoms with Gasteiger partial charge in [0.2, 0.25) is 0 Å². The van der Waals surface area contributed by atoms with Crippen molar-refractivity contribution in [2.75, 3.05) is 20.2 Å². The fourth-order valence-corrected chi connectivity index (χ4v) is 5.17. The van der Waals surface area contributed by atoms with Crippen molar-refractivity contribution in [2.24, 2.45) is 0 Å². The van der Waals surface area contributed by atoms with Gasteiger partial charge in [0, 0.05) is 30.6 Å². The van der Waals surface area contributed by atoms with Gasteiger partial charge in [0.1, 0.15) is 11.6 Å². The molecule has 0 N–H and O–H groups in total. The SMILES string of the molecule is COc1ccc(-c2nnc3n(c2=O)CC[C@]32CCN(Cc3ccsc3)C2)cc1. The number of thiophene rings is 1. The minimum atomic E-state index is -0.0411. The van der Waals surface area contributed by atoms with E-state index in [9.17, 15) is 4.79 Å². The molecule has 0 aliphatic carbocycles. The molecule has 0 bridgehead atoms. The van der Waals surface area contributed by atoms with Gasteiger partial charge in [0.05, 0.1) is 7.11 Å². The van der Waals surface area contributed by atoms with Crippen LogP contribution in [0.5, 0.6) is 5.75 Å². The van der Waals surface area contributed by atoms with Crippen LogP contribution in [0.4, 0.5) is 0 Å². The average Bonchev–Trinajstić information content (AvgIpc) is 3.45. The van der Waals surface area contributed by atoms with E-state index in [2.05, 4.69) is 31.9 Å². The zero-order chi connectivity index (χ0) is 19.1. The molecule has 6 nitrogen and oxygen atoms in total. The molecule has 1 aromatic carbocycles. The molecule has 0 saturated carbocycles. The van der Waals surface area contributed by atoms with Crippen molar-refractivity contribution in [1.29, 1.82) is 0 Å². The van der Waals surface area contributed by atoms with Crippen LogP contribution >= 0.6 is 11.3 Å². The largest absolute Gasteiger partial charge is 0.497 e. The van der Waals surface area contributed by atoms with E-state index in [0.717, 1.165) is 56.2 Å². The van der Waals surface area contributed by atoms with Crippen molar-refractivity contribution in [3.05, 3.63) is 62.8 Å². The lowest BCUT2D eigenvalue weighted by molar-refractivity contribution is 0.299. The summed E-state index contributed by atoms with van der Waals surface area (Å²) in [6.07, 6.45) is 2.00. The van der Waals surface area contributed by atoms with Crippen LogP contribution in [0.2, 0.25) is 0 Å². The number of likely N-dealkylation sites (tertiary alicyclic amines) is 1. The first-order valence-electron chi connectivity index (χ1n) is 9.54. The summed E-state index contributed by atoms with van der Waals surface area (Å²) in [4.78, 5) is 15.6. The topological polar surface area (TPSA) is 60.3 Å². The number of hydrogen-bond donors (Lipinski definition) is 0. The number of nitrogens with zero attached hydrogens (tertiary/aromatic N) is 4. The maximum Gasteiger partial charge on any atom is 0.280 e. The molecule has 2 aromatic heterocycles. The molecule has 1 saturated heterocycles. The van der Waals surface area contributed by atoms with Crippen LogP contribution in [0.3, 0.4) is 0 Å². The molecule has 5 rings (SSSR count). The first kappa shape index (κ1) is 17.6. The minimum Gasteiger partial charge on any atom is -0.497 e. The van der Waals surface area contributed by atoms with Gasteiger partial charge >= 0.3 is 0 Å². The summed E-state index contributed by atoms with van der Waals surface area (Å²) in [7, 11) is 1.63. The van der Waals surface area contributed by atoms with Gasteiger partial charge in [0.15, 0.2) is 5.69 Å². The number of benzene rings is 1. The highest BCUT2D eigenvalue weighted by Crippen LogP contribution is 2.41. The van der Waals surface area contributed by atoms with Crippen molar-refractivity contribution in [3.63, 3.8) is 0 Å². The first-order valence-corrected chi connectivity index (χ1v) is 10.5. The second kappa shape index (κ2) is 6.83. The Bertz CT molecular complexity index is 1050. The third kappa shape index (κ3) is 2.86. The number of ether oxygens (including phenoxy) is 1. The fraction of sp³-hybridized carbons (Fsp3) is 0.381. The smallest absolute Gasteiger partial charge is 0.280 e. The molecule has 1 fully saturated rings. The van der Waals surface area contributed by atoms with Gasteiger partial charge in [-0.2, -0.15) is 11.3 Å². The van der Waals surface area contributed by atoms with Gasteiger partial charge in [-0.3, -0.25) is 14.3 Å². The number of hydrogen-bond acceptors (Lipinski definition) is 6. The fourth-order valence-electron chi connectivity index (χ4n) is 4.51. The molecule has 2 aliphatic rings. The van der Waals surface area contributed by atoms with Crippen molar-refractivity contribution >= 4 is 11.3 Å². The predicted octanol–water partition coefficient (Wildman–Crippen LogP) is 2.92. The van der Waals surface area contributed by atoms with Crippen LogP contribution in [0, 0.1) is 0 Å². The Hall–Kier alpha value is -2.51. The van der Waals surface area contributed by atoms with E-state index < -0.39 is 0 Å². The Balaban J connectivity index is 1.43. The summed E-state index contributed by atoms with van der Waals surface area (Å²) < 4.78 is 7.04. The summed E-state index contributed by atoms with van der Waals surface area (Å²) in [6.45, 7) is 3.66. The van der Waals surface area contributed by atoms with E-state index in [1.54, 1.807) is 18.4 Å². The molecule has 0 radical (unpaired) electrons. The average molecular weight is 395 g/mol. The maximum atomic E-state index is 13.1. The van der Waals surface area contributed by atoms with Crippen LogP contribution in [0.15, 0.2) is 45.9 Å². The second-order valence-corrected chi connectivity index (χ2v) is 8.46. The van der Waals surface area contributed by atoms with Gasteiger partial charge in [-0.1, -0.05) is 0 Å². The lowest BCUT2D eigenvalue weighted by Crippen LogP contribution is -2.33. The Kier molecular flexibility index (Phi) is 4.29. The molecule has 2 aliphatic heterocycles. The van der Waals surface area contributed by atoms with E-state index in [1.807, 2.05) is 28.8 Å². The van der Waals surface area contributed by atoms with Crippen molar-refractivity contribution in [1.82, 2.24) is 19.7 Å². The van der Waals surface area contributed by atoms with E-state index in [-0.39, 0.29) is 11.0 Å². The third-order valence-corrected chi connectivity index (χ3v) is 6.75. The van der Waals surface area contributed by atoms with Crippen LogP contribution in [0.25, 0.3) is 11.3 Å². The van der Waals surface area contributed by atoms with E-state index in [0.29, 0.717) is 5.69 Å². The number of methoxy groups -OCH3 is 1. The Morgan fingerprint density at radius 2 is 1.96 bits per heavy atom. The van der Waals surface area contributed by atoms with Gasteiger partial charge in [-0.15, -0.1) is 10.2 Å². The summed E-state index contributed by atoms with van der Waals surface area (Å²) in [5, 5.41) is 13.2. The molecular weight excluding hydrogens is 372 g/mol. The molecule has 28 heavy (non-hydrogen) atoms. The monoisotopic (exact) mass is 394 g/mol. The molecule has 3 aromatic rings. The van der Waals surface area contributed by atoms with Crippen LogP contribution in [0.1, 0.15) is 24.2 Å². The summed E-state index contributed by atoms with van der Waals surface area (Å²) >= 11 is 1.74. The Labute approximate surface area is 167 Å². The summed E-state index contributed by atoms with van der Waals surface area (Å²) in [6, 6.07) is 9.59. The normalized spacial score (nSPS) is 21.3. The highest BCUT2D eigenvalue weighted by atomic mass is 32.1. The number of fused-ring (bicyclic) bond motifs is 2. The Morgan fingerprint density at radius 1 is 1.14 bits per heavy atom. The minimum absolute atomic E-state index is 0.0386. The van der Waals surface area contributed by atoms with Crippen molar-refractivity contribution in [2.45, 2.75) is 31.3 Å². The van der Waals surface area contributed by atoms with Crippen molar-refractivity contribution in [3.8, 4) is 17.0 Å². The van der Waals surface area contributed by atoms with E-state index >= 15 is 0 Å². The lowest BCUT2D eigenvalue weighted by atomic mass is 9.85. The van der Waals surface area contributed by atoms with Gasteiger partial charge in [-0.25, -0.2) is 0 Å². The van der Waals surface area contributed by atoms with Gasteiger partial charge in [-0.05, 0) is 66.0 Å². The molecule has 1 atom stereocenters. The zero-order valence-corrected chi connectivity index (χ0v) is 16.6. The second-order valence-electron chi connectivity index (χ2n) is 7.68. The molecule has 4 heterocycles. The molecule has 1 spiro atoms. The van der Waals surface area contributed by atoms with Crippen LogP contribution in [-0.2, 0) is 18.5 Å². The number of rotatable bonds is 4. The first-order chi connectivity index (χ1) is 13.7. The van der Waals surface area contributed by atoms with Crippen molar-refractivity contribution < 1.29 is 4.74 Å². The molecule has 144 valence electrons. The lowest BCUT2D eigenvalue weighted by Gasteiger charge is -2.23. The Morgan fingerprint density at radius 3 is 2.71 bits per heavy atom. The summed E-state index contributed by atoms with van der Waals surface area (Å²) in [5.74, 6) is 1.62. The highest BCUT2D eigenvalue weighted by molar-refractivity contribution is 7.07. The molecule has 0 amide bonds. The predicted molar refractivity (Wildman–Crippen MR) is 109 cm³/mol. The quantitative estimate of drug-likeness (QED) is 0.681. The molecule has 0 unspecified atom stereocenters. The van der Waals surface area contributed by atoms with Gasteiger partial charge < -0.3 is 4.74 Å². The van der Waals surface area contributed by atoms with E-state index in [1.165, 1.54) is 5.56 Å². The number of aromatic nitrogens is 3. The molecular formula is C21H22N4O2S. The highest BCUT2D eigenvalue weighted by Gasteiger charge is 2.46. The zero-order valence-electron chi connectivity index (χ0n) is 15.8. The third-order valence-electron chi connectivity index (χ3n) is 6.02. The van der Waals surface area contributed by atoms with Crippen LogP contribution < -0.4 is 10.3 Å². The van der Waals surface area contributed by atoms with Gasteiger partial charge in [0.25, 0.3) is 5.56 Å². The standard InChI is InChI=1S/C21H22N4O2S/c1-27-17-4-2-16(3-5-17)18-19(26)25-10-8-21(20(25)23-22-18)7-9-24(14-21)12-15-6-11-28-13-15/h2-6,11,13H,7-10,12,14H2,1H3/t21-/m0/s1.